The van der Waals surface area contributed by atoms with Crippen LogP contribution in [0.4, 0.5) is 29.1 Å². The summed E-state index contributed by atoms with van der Waals surface area (Å²) in [6.07, 6.45) is -2.25. The second-order valence-corrected chi connectivity index (χ2v) is 6.41. The Hall–Kier alpha value is -3.08. The van der Waals surface area contributed by atoms with Gasteiger partial charge in [-0.15, -0.1) is 0 Å². The first-order chi connectivity index (χ1) is 14.3. The largest absolute Gasteiger partial charge is 0.416 e. The molecule has 1 fully saturated rings. The quantitative estimate of drug-likeness (QED) is 0.569. The van der Waals surface area contributed by atoms with E-state index in [-0.39, 0.29) is 30.3 Å². The number of hydrogen-bond donors (Lipinski definition) is 1. The van der Waals surface area contributed by atoms with E-state index in [9.17, 15) is 22.4 Å². The lowest BCUT2D eigenvalue weighted by Crippen LogP contribution is -2.37. The van der Waals surface area contributed by atoms with Gasteiger partial charge in [0, 0.05) is 25.0 Å². The molecule has 0 radical (unpaired) electrons. The van der Waals surface area contributed by atoms with Crippen LogP contribution in [0.25, 0.3) is 0 Å². The number of ether oxygens (including phenoxy) is 1. The molecular weight excluding hydrogens is 406 g/mol. The maximum Gasteiger partial charge on any atom is 0.416 e. The van der Waals surface area contributed by atoms with Crippen LogP contribution in [-0.2, 0) is 22.3 Å². The van der Waals surface area contributed by atoms with Gasteiger partial charge >= 0.3 is 6.18 Å². The summed E-state index contributed by atoms with van der Waals surface area (Å²) in [4.78, 5) is 25.8. The molecule has 2 aromatic rings. The number of alkyl halides is 3. The fraction of sp³-hybridized carbons (Fsp3) is 0.368. The Labute approximate surface area is 169 Å². The fourth-order valence-corrected chi connectivity index (χ4v) is 2.75. The first kappa shape index (κ1) is 21.6. The number of morpholine rings is 1. The minimum atomic E-state index is -4.49. The number of carbonyl (C=O) groups excluding carboxylic acids is 1. The van der Waals surface area contributed by atoms with Gasteiger partial charge in [-0.25, -0.2) is 14.4 Å². The lowest BCUT2D eigenvalue weighted by molar-refractivity contribution is -0.137. The standard InChI is InChI=1S/C19H19F4N5O2/c20-15-11-25-16(27-18(15)28-6-8-30-9-7-28)12-24-5-4-17(29)26-14-3-1-2-13(10-14)19(21,22)23/h1-3,5,10-11H,4,6-9,12H2,(H,26,29). The predicted molar refractivity (Wildman–Crippen MR) is 102 cm³/mol. The lowest BCUT2D eigenvalue weighted by atomic mass is 10.2. The van der Waals surface area contributed by atoms with Gasteiger partial charge in [-0.3, -0.25) is 9.79 Å². The number of halogens is 4. The van der Waals surface area contributed by atoms with Crippen LogP contribution in [0.5, 0.6) is 0 Å². The average Bonchev–Trinajstić information content (AvgIpc) is 2.72. The first-order valence-corrected chi connectivity index (χ1v) is 9.12. The lowest BCUT2D eigenvalue weighted by Gasteiger charge is -2.28. The van der Waals surface area contributed by atoms with Gasteiger partial charge in [0.15, 0.2) is 17.5 Å². The number of benzene rings is 1. The van der Waals surface area contributed by atoms with E-state index in [1.807, 2.05) is 0 Å². The van der Waals surface area contributed by atoms with Crippen LogP contribution in [-0.4, -0.2) is 48.4 Å². The average molecular weight is 425 g/mol. The molecule has 1 amide bonds. The van der Waals surface area contributed by atoms with E-state index >= 15 is 0 Å². The number of anilines is 2. The van der Waals surface area contributed by atoms with E-state index in [4.69, 9.17) is 4.74 Å². The number of rotatable bonds is 6. The molecule has 1 aliphatic rings. The zero-order valence-corrected chi connectivity index (χ0v) is 15.8. The molecule has 0 aliphatic carbocycles. The maximum atomic E-state index is 14.0. The molecule has 1 aliphatic heterocycles. The van der Waals surface area contributed by atoms with Crippen molar-refractivity contribution in [3.8, 4) is 0 Å². The van der Waals surface area contributed by atoms with Crippen molar-refractivity contribution in [2.24, 2.45) is 4.99 Å². The zero-order valence-electron chi connectivity index (χ0n) is 15.8. The summed E-state index contributed by atoms with van der Waals surface area (Å²) in [5.74, 6) is -0.592. The third-order valence-electron chi connectivity index (χ3n) is 4.20. The van der Waals surface area contributed by atoms with Gasteiger partial charge < -0.3 is 15.0 Å². The van der Waals surface area contributed by atoms with Crippen LogP contribution < -0.4 is 10.2 Å². The molecule has 3 rings (SSSR count). The Morgan fingerprint density at radius 1 is 1.30 bits per heavy atom. The highest BCUT2D eigenvalue weighted by molar-refractivity contribution is 5.99. The molecule has 30 heavy (non-hydrogen) atoms. The summed E-state index contributed by atoms with van der Waals surface area (Å²) >= 11 is 0. The Morgan fingerprint density at radius 3 is 2.80 bits per heavy atom. The number of aliphatic imine (C=N–C) groups is 1. The third kappa shape index (κ3) is 5.96. The molecule has 160 valence electrons. The van der Waals surface area contributed by atoms with E-state index in [2.05, 4.69) is 20.3 Å². The number of hydrogen-bond acceptors (Lipinski definition) is 6. The van der Waals surface area contributed by atoms with Gasteiger partial charge in [0.05, 0.1) is 37.9 Å². The zero-order chi connectivity index (χ0) is 21.6. The van der Waals surface area contributed by atoms with Crippen molar-refractivity contribution in [2.45, 2.75) is 19.1 Å². The van der Waals surface area contributed by atoms with Crippen molar-refractivity contribution >= 4 is 23.6 Å². The van der Waals surface area contributed by atoms with Crippen LogP contribution in [0.3, 0.4) is 0 Å². The molecule has 0 bridgehead atoms. The Balaban J connectivity index is 1.53. The van der Waals surface area contributed by atoms with Gasteiger partial charge in [-0.1, -0.05) is 6.07 Å². The fourth-order valence-electron chi connectivity index (χ4n) is 2.75. The van der Waals surface area contributed by atoms with Gasteiger partial charge in [-0.2, -0.15) is 13.2 Å². The second-order valence-electron chi connectivity index (χ2n) is 6.41. The van der Waals surface area contributed by atoms with E-state index in [0.29, 0.717) is 26.3 Å². The predicted octanol–water partition coefficient (Wildman–Crippen LogP) is 3.07. The Bertz CT molecular complexity index is 914. The molecule has 1 saturated heterocycles. The Morgan fingerprint density at radius 2 is 2.07 bits per heavy atom. The highest BCUT2D eigenvalue weighted by atomic mass is 19.4. The summed E-state index contributed by atoms with van der Waals surface area (Å²) in [6, 6.07) is 4.35. The molecule has 11 heteroatoms. The van der Waals surface area contributed by atoms with Crippen LogP contribution in [0, 0.1) is 5.82 Å². The SMILES string of the molecule is O=C(CC=NCc1ncc(F)c(N2CCOCC2)n1)Nc1cccc(C(F)(F)F)c1. The maximum absolute atomic E-state index is 14.0. The molecule has 2 heterocycles. The van der Waals surface area contributed by atoms with Crippen molar-refractivity contribution in [1.82, 2.24) is 9.97 Å². The van der Waals surface area contributed by atoms with Crippen molar-refractivity contribution in [2.75, 3.05) is 36.5 Å². The van der Waals surface area contributed by atoms with Crippen LogP contribution in [0.2, 0.25) is 0 Å². The van der Waals surface area contributed by atoms with E-state index in [1.165, 1.54) is 18.3 Å². The minimum absolute atomic E-state index is 0.0362. The molecule has 1 aromatic heterocycles. The number of nitrogens with zero attached hydrogens (tertiary/aromatic N) is 4. The summed E-state index contributed by atoms with van der Waals surface area (Å²) in [7, 11) is 0. The van der Waals surface area contributed by atoms with Gasteiger partial charge in [0.1, 0.15) is 0 Å². The van der Waals surface area contributed by atoms with Crippen molar-refractivity contribution < 1.29 is 27.1 Å². The molecule has 1 aromatic carbocycles. The van der Waals surface area contributed by atoms with E-state index in [0.717, 1.165) is 18.3 Å². The highest BCUT2D eigenvalue weighted by Gasteiger charge is 2.30. The first-order valence-electron chi connectivity index (χ1n) is 9.12. The molecular formula is C19H19F4N5O2. The molecule has 0 spiro atoms. The molecule has 1 N–H and O–H groups in total. The molecule has 0 atom stereocenters. The summed E-state index contributed by atoms with van der Waals surface area (Å²) in [5.41, 5.74) is -0.807. The van der Waals surface area contributed by atoms with E-state index in [1.54, 1.807) is 4.90 Å². The third-order valence-corrected chi connectivity index (χ3v) is 4.20. The normalized spacial score (nSPS) is 14.9. The number of carbonyl (C=O) groups is 1. The monoisotopic (exact) mass is 425 g/mol. The smallest absolute Gasteiger partial charge is 0.378 e. The molecule has 0 saturated carbocycles. The number of nitrogens with one attached hydrogen (secondary N) is 1. The minimum Gasteiger partial charge on any atom is -0.378 e. The van der Waals surface area contributed by atoms with E-state index < -0.39 is 23.5 Å². The number of aromatic nitrogens is 2. The highest BCUT2D eigenvalue weighted by Crippen LogP contribution is 2.30. The van der Waals surface area contributed by atoms with Crippen molar-refractivity contribution in [1.29, 1.82) is 0 Å². The van der Waals surface area contributed by atoms with Gasteiger partial charge in [-0.05, 0) is 18.2 Å². The van der Waals surface area contributed by atoms with Crippen molar-refractivity contribution in [3.05, 3.63) is 47.7 Å². The van der Waals surface area contributed by atoms with Crippen LogP contribution >= 0.6 is 0 Å². The summed E-state index contributed by atoms with van der Waals surface area (Å²) in [5, 5.41) is 2.38. The number of amides is 1. The second kappa shape index (κ2) is 9.61. The van der Waals surface area contributed by atoms with Crippen LogP contribution in [0.1, 0.15) is 17.8 Å². The summed E-state index contributed by atoms with van der Waals surface area (Å²) in [6.45, 7) is 2.04. The van der Waals surface area contributed by atoms with Crippen LogP contribution in [0.15, 0.2) is 35.5 Å². The van der Waals surface area contributed by atoms with Gasteiger partial charge in [0.2, 0.25) is 5.91 Å². The molecule has 0 unspecified atom stereocenters. The Kier molecular flexibility index (Phi) is 6.93. The molecule has 7 nitrogen and oxygen atoms in total. The van der Waals surface area contributed by atoms with Crippen molar-refractivity contribution in [3.63, 3.8) is 0 Å². The topological polar surface area (TPSA) is 79.7 Å². The summed E-state index contributed by atoms with van der Waals surface area (Å²) < 4.78 is 57.3. The van der Waals surface area contributed by atoms with Gasteiger partial charge in [0.25, 0.3) is 0 Å².